The molecule has 2 heterocycles. The summed E-state index contributed by atoms with van der Waals surface area (Å²) < 4.78 is 48.3. The van der Waals surface area contributed by atoms with E-state index in [1.54, 1.807) is 6.07 Å². The molecule has 0 aromatic heterocycles. The van der Waals surface area contributed by atoms with Crippen molar-refractivity contribution in [3.63, 3.8) is 0 Å². The van der Waals surface area contributed by atoms with E-state index in [1.807, 2.05) is 20.8 Å². The van der Waals surface area contributed by atoms with Crippen molar-refractivity contribution in [2.75, 3.05) is 18.1 Å². The van der Waals surface area contributed by atoms with Crippen molar-refractivity contribution in [3.8, 4) is 0 Å². The van der Waals surface area contributed by atoms with Gasteiger partial charge in [0, 0.05) is 29.7 Å². The predicted molar refractivity (Wildman–Crippen MR) is 148 cm³/mol. The monoisotopic (exact) mass is 581 g/mol. The van der Waals surface area contributed by atoms with E-state index < -0.39 is 25.8 Å². The van der Waals surface area contributed by atoms with Crippen LogP contribution in [0.1, 0.15) is 64.9 Å². The molecule has 3 aliphatic rings. The third-order valence-corrected chi connectivity index (χ3v) is 12.4. The molecule has 38 heavy (non-hydrogen) atoms. The highest BCUT2D eigenvalue weighted by molar-refractivity contribution is 7.92. The highest BCUT2D eigenvalue weighted by atomic mass is 35.5. The summed E-state index contributed by atoms with van der Waals surface area (Å²) in [4.78, 5) is 15.5. The Morgan fingerprint density at radius 1 is 1.03 bits per heavy atom. The van der Waals surface area contributed by atoms with Gasteiger partial charge >= 0.3 is 0 Å². The number of fused-ring (bicyclic) bond motifs is 1. The minimum atomic E-state index is -3.97. The third-order valence-electron chi connectivity index (χ3n) is 9.27. The molecule has 0 spiro atoms. The number of carbonyl (C=O) groups is 1. The Morgan fingerprint density at radius 2 is 1.66 bits per heavy atom. The number of anilines is 1. The minimum absolute atomic E-state index is 0.0381. The Balaban J connectivity index is 1.61. The molecule has 1 amide bonds. The summed E-state index contributed by atoms with van der Waals surface area (Å²) >= 11 is 12.8. The van der Waals surface area contributed by atoms with Gasteiger partial charge in [-0.15, -0.1) is 0 Å². The molecule has 1 saturated carbocycles. The van der Waals surface area contributed by atoms with Gasteiger partial charge < -0.3 is 9.64 Å². The molecule has 3 unspecified atom stereocenters. The van der Waals surface area contributed by atoms with Gasteiger partial charge in [-0.05, 0) is 86.4 Å². The zero-order valence-corrected chi connectivity index (χ0v) is 24.3. The minimum Gasteiger partial charge on any atom is -0.381 e. The average molecular weight is 583 g/mol. The van der Waals surface area contributed by atoms with Crippen molar-refractivity contribution in [2.45, 2.75) is 75.0 Å². The van der Waals surface area contributed by atoms with Crippen molar-refractivity contribution in [1.82, 2.24) is 0 Å². The Labute approximate surface area is 234 Å². The largest absolute Gasteiger partial charge is 0.381 e. The van der Waals surface area contributed by atoms with Crippen LogP contribution in [-0.4, -0.2) is 33.6 Å². The number of ether oxygens (including phenoxy) is 1. The second-order valence-corrected chi connectivity index (χ2v) is 14.6. The normalized spacial score (nSPS) is 27.2. The number of carbonyl (C=O) groups excluding carboxylic acids is 1. The van der Waals surface area contributed by atoms with Crippen LogP contribution in [0.15, 0.2) is 41.3 Å². The Bertz CT molecular complexity index is 1320. The average Bonchev–Trinajstić information content (AvgIpc) is 2.89. The first-order valence-electron chi connectivity index (χ1n) is 13.3. The lowest BCUT2D eigenvalue weighted by atomic mass is 9.60. The van der Waals surface area contributed by atoms with Gasteiger partial charge in [0.1, 0.15) is 10.6 Å². The van der Waals surface area contributed by atoms with Gasteiger partial charge in [-0.3, -0.25) is 4.79 Å². The quantitative estimate of drug-likeness (QED) is 0.383. The number of sulfone groups is 1. The fourth-order valence-electron chi connectivity index (χ4n) is 7.10. The zero-order valence-electron chi connectivity index (χ0n) is 22.0. The molecular weight excluding hydrogens is 548 g/mol. The molecule has 206 valence electrons. The number of piperidine rings is 1. The third kappa shape index (κ3) is 4.29. The van der Waals surface area contributed by atoms with E-state index >= 15 is 4.39 Å². The van der Waals surface area contributed by atoms with Crippen LogP contribution in [0.2, 0.25) is 10.0 Å². The van der Waals surface area contributed by atoms with Crippen LogP contribution in [0.25, 0.3) is 0 Å². The van der Waals surface area contributed by atoms with Crippen LogP contribution in [0.5, 0.6) is 0 Å². The zero-order chi connectivity index (χ0) is 27.5. The van der Waals surface area contributed by atoms with Gasteiger partial charge in [0.05, 0.1) is 15.6 Å². The van der Waals surface area contributed by atoms with Crippen molar-refractivity contribution >= 4 is 44.6 Å². The summed E-state index contributed by atoms with van der Waals surface area (Å²) in [6.45, 7) is 6.31. The van der Waals surface area contributed by atoms with E-state index in [9.17, 15) is 13.2 Å². The van der Waals surface area contributed by atoms with E-state index in [2.05, 4.69) is 0 Å². The van der Waals surface area contributed by atoms with Crippen LogP contribution < -0.4 is 4.90 Å². The summed E-state index contributed by atoms with van der Waals surface area (Å²) in [5.41, 5.74) is -0.337. The topological polar surface area (TPSA) is 63.7 Å². The Kier molecular flexibility index (Phi) is 7.38. The van der Waals surface area contributed by atoms with Crippen molar-refractivity contribution < 1.29 is 22.3 Å². The summed E-state index contributed by atoms with van der Waals surface area (Å²) in [6.07, 6.45) is 4.47. The molecule has 3 atom stereocenters. The number of halogens is 3. The lowest BCUT2D eigenvalue weighted by Crippen LogP contribution is -2.60. The van der Waals surface area contributed by atoms with Crippen LogP contribution in [0, 0.1) is 23.1 Å². The summed E-state index contributed by atoms with van der Waals surface area (Å²) in [7, 11) is -3.97. The van der Waals surface area contributed by atoms with Crippen LogP contribution >= 0.6 is 23.2 Å². The standard InChI is InChI=1S/C29H34Cl2FNO4S/c1-18-22-6-4-5-7-23(22)28(2,3)27(34)33(18)26-24(31)16-19(17-25(26)32)29(12-14-37-15-13-29)38(35,36)21-10-8-20(30)9-11-21/h8-11,16-18,22-23H,4-7,12-15H2,1-3H3. The predicted octanol–water partition coefficient (Wildman–Crippen LogP) is 7.18. The summed E-state index contributed by atoms with van der Waals surface area (Å²) in [5, 5.41) is 0.467. The maximum atomic E-state index is 16.2. The number of nitrogens with zero attached hydrogens (tertiary/aromatic N) is 1. The Hall–Kier alpha value is -1.67. The smallest absolute Gasteiger partial charge is 0.233 e. The molecule has 3 fully saturated rings. The van der Waals surface area contributed by atoms with E-state index in [-0.39, 0.29) is 71.0 Å². The van der Waals surface area contributed by atoms with Crippen molar-refractivity contribution in [3.05, 3.63) is 57.8 Å². The first-order chi connectivity index (χ1) is 17.9. The van der Waals surface area contributed by atoms with Crippen molar-refractivity contribution in [1.29, 1.82) is 0 Å². The van der Waals surface area contributed by atoms with E-state index in [0.717, 1.165) is 25.7 Å². The van der Waals surface area contributed by atoms with Gasteiger partial charge in [-0.1, -0.05) is 49.9 Å². The summed E-state index contributed by atoms with van der Waals surface area (Å²) in [6, 6.07) is 8.59. The molecule has 0 bridgehead atoms. The number of rotatable bonds is 4. The number of hydrogen-bond donors (Lipinski definition) is 0. The van der Waals surface area contributed by atoms with Crippen LogP contribution in [0.3, 0.4) is 0 Å². The maximum Gasteiger partial charge on any atom is 0.233 e. The molecule has 0 N–H and O–H groups in total. The van der Waals surface area contributed by atoms with E-state index in [0.29, 0.717) is 5.02 Å². The molecular formula is C29H34Cl2FNO4S. The molecule has 5 nitrogen and oxygen atoms in total. The highest BCUT2D eigenvalue weighted by Crippen LogP contribution is 2.52. The molecule has 9 heteroatoms. The lowest BCUT2D eigenvalue weighted by Gasteiger charge is -2.53. The second kappa shape index (κ2) is 10.1. The summed E-state index contributed by atoms with van der Waals surface area (Å²) in [5.74, 6) is -0.337. The SMILES string of the molecule is CC1C2CCCCC2C(C)(C)C(=O)N1c1c(F)cc(C2(S(=O)(=O)c3ccc(Cl)cc3)CCOCC2)cc1Cl. The molecule has 2 aliphatic heterocycles. The van der Waals surface area contributed by atoms with Gasteiger partial charge in [0.25, 0.3) is 0 Å². The fourth-order valence-corrected chi connectivity index (χ4v) is 9.60. The molecule has 2 aromatic carbocycles. The highest BCUT2D eigenvalue weighted by Gasteiger charge is 2.54. The van der Waals surface area contributed by atoms with Crippen LogP contribution in [0.4, 0.5) is 10.1 Å². The lowest BCUT2D eigenvalue weighted by molar-refractivity contribution is -0.137. The molecule has 2 saturated heterocycles. The first kappa shape index (κ1) is 27.9. The van der Waals surface area contributed by atoms with E-state index in [1.165, 1.54) is 35.2 Å². The molecule has 1 aliphatic carbocycles. The molecule has 0 radical (unpaired) electrons. The number of hydrogen-bond acceptors (Lipinski definition) is 4. The number of amides is 1. The molecule has 2 aromatic rings. The molecule has 5 rings (SSSR count). The Morgan fingerprint density at radius 3 is 2.29 bits per heavy atom. The fraction of sp³-hybridized carbons (Fsp3) is 0.552. The van der Waals surface area contributed by atoms with Crippen molar-refractivity contribution in [2.24, 2.45) is 17.3 Å². The maximum absolute atomic E-state index is 16.2. The first-order valence-corrected chi connectivity index (χ1v) is 15.6. The number of benzene rings is 2. The van der Waals surface area contributed by atoms with Gasteiger partial charge in [-0.25, -0.2) is 12.8 Å². The van der Waals surface area contributed by atoms with E-state index in [4.69, 9.17) is 27.9 Å². The van der Waals surface area contributed by atoms with Gasteiger partial charge in [0.2, 0.25) is 5.91 Å². The van der Waals surface area contributed by atoms with Gasteiger partial charge in [0.15, 0.2) is 9.84 Å². The van der Waals surface area contributed by atoms with Gasteiger partial charge in [-0.2, -0.15) is 0 Å². The van der Waals surface area contributed by atoms with Crippen LogP contribution in [-0.2, 0) is 24.1 Å². The second-order valence-electron chi connectivity index (χ2n) is 11.5.